The molecule has 0 aliphatic rings. The first-order valence-electron chi connectivity index (χ1n) is 5.48. The van der Waals surface area contributed by atoms with E-state index in [1.807, 2.05) is 26.0 Å². The molecule has 1 heterocycles. The Balaban J connectivity index is 2.48. The van der Waals surface area contributed by atoms with Gasteiger partial charge >= 0.3 is 0 Å². The Hall–Kier alpha value is -1.42. The maximum absolute atomic E-state index is 11.3. The summed E-state index contributed by atoms with van der Waals surface area (Å²) < 4.78 is 0. The fourth-order valence-electron chi connectivity index (χ4n) is 1.56. The van der Waals surface area contributed by atoms with Crippen LogP contribution in [0.15, 0.2) is 18.3 Å². The number of nitrogens with one attached hydrogen (secondary N) is 2. The first-order chi connectivity index (χ1) is 7.63. The molecule has 0 aromatic carbocycles. The van der Waals surface area contributed by atoms with E-state index >= 15 is 0 Å². The highest BCUT2D eigenvalue weighted by molar-refractivity contribution is 5.78. The molecule has 4 heteroatoms. The van der Waals surface area contributed by atoms with Crippen molar-refractivity contribution in [2.45, 2.75) is 26.3 Å². The fourth-order valence-corrected chi connectivity index (χ4v) is 1.56. The number of amides is 1. The van der Waals surface area contributed by atoms with E-state index in [1.54, 1.807) is 13.2 Å². The summed E-state index contributed by atoms with van der Waals surface area (Å²) in [6.07, 6.45) is 2.55. The van der Waals surface area contributed by atoms with Gasteiger partial charge in [-0.25, -0.2) is 0 Å². The first-order valence-corrected chi connectivity index (χ1v) is 5.48. The van der Waals surface area contributed by atoms with Gasteiger partial charge < -0.3 is 10.6 Å². The van der Waals surface area contributed by atoms with Crippen LogP contribution < -0.4 is 10.6 Å². The molecule has 0 aliphatic heterocycles. The summed E-state index contributed by atoms with van der Waals surface area (Å²) in [4.78, 5) is 15.6. The number of pyridine rings is 1. The smallest absolute Gasteiger partial charge is 0.234 e. The number of carbonyl (C=O) groups is 1. The van der Waals surface area contributed by atoms with Crippen LogP contribution in [-0.2, 0) is 11.2 Å². The molecule has 0 unspecified atom stereocenters. The Morgan fingerprint density at radius 1 is 1.56 bits per heavy atom. The first kappa shape index (κ1) is 12.6. The summed E-state index contributed by atoms with van der Waals surface area (Å²) in [7, 11) is 1.76. The predicted molar refractivity (Wildman–Crippen MR) is 64.2 cm³/mol. The number of hydrogen-bond acceptors (Lipinski definition) is 3. The number of aromatic nitrogens is 1. The van der Waals surface area contributed by atoms with Gasteiger partial charge in [-0.2, -0.15) is 0 Å². The van der Waals surface area contributed by atoms with Crippen molar-refractivity contribution in [2.24, 2.45) is 0 Å². The number of nitrogens with zero attached hydrogens (tertiary/aromatic N) is 1. The Bertz CT molecular complexity index is 352. The van der Waals surface area contributed by atoms with Gasteiger partial charge in [0.1, 0.15) is 0 Å². The van der Waals surface area contributed by atoms with Crippen molar-refractivity contribution in [1.82, 2.24) is 15.6 Å². The third-order valence-corrected chi connectivity index (χ3v) is 2.36. The largest absolute Gasteiger partial charge is 0.352 e. The van der Waals surface area contributed by atoms with Gasteiger partial charge in [0.15, 0.2) is 0 Å². The van der Waals surface area contributed by atoms with Crippen molar-refractivity contribution in [2.75, 3.05) is 13.6 Å². The average Bonchev–Trinajstić information content (AvgIpc) is 2.21. The quantitative estimate of drug-likeness (QED) is 0.768. The monoisotopic (exact) mass is 221 g/mol. The summed E-state index contributed by atoms with van der Waals surface area (Å²) >= 11 is 0. The molecule has 0 saturated heterocycles. The number of rotatable bonds is 5. The van der Waals surface area contributed by atoms with E-state index in [2.05, 4.69) is 15.6 Å². The molecule has 0 fully saturated rings. The SMILES string of the molecule is CNCC(=O)N[C@@H](C)Cc1ncccc1C. The number of likely N-dealkylation sites (N-methyl/N-ethyl adjacent to an activating group) is 1. The molecular formula is C12H19N3O. The van der Waals surface area contributed by atoms with Crippen LogP contribution in [-0.4, -0.2) is 30.5 Å². The molecule has 1 atom stereocenters. The Labute approximate surface area is 96.5 Å². The van der Waals surface area contributed by atoms with Gasteiger partial charge in [0, 0.05) is 24.4 Å². The third-order valence-electron chi connectivity index (χ3n) is 2.36. The average molecular weight is 221 g/mol. The lowest BCUT2D eigenvalue weighted by atomic mass is 10.1. The van der Waals surface area contributed by atoms with Crippen LogP contribution in [0.5, 0.6) is 0 Å². The second kappa shape index (κ2) is 6.23. The van der Waals surface area contributed by atoms with E-state index in [1.165, 1.54) is 0 Å². The minimum absolute atomic E-state index is 0.0172. The van der Waals surface area contributed by atoms with Crippen LogP contribution >= 0.6 is 0 Å². The van der Waals surface area contributed by atoms with Crippen LogP contribution in [0, 0.1) is 6.92 Å². The summed E-state index contributed by atoms with van der Waals surface area (Å²) in [5, 5.41) is 5.74. The Morgan fingerprint density at radius 3 is 2.94 bits per heavy atom. The van der Waals surface area contributed by atoms with Gasteiger partial charge in [-0.1, -0.05) is 6.07 Å². The van der Waals surface area contributed by atoms with Gasteiger partial charge in [0.25, 0.3) is 0 Å². The van der Waals surface area contributed by atoms with Crippen LogP contribution in [0.25, 0.3) is 0 Å². The molecule has 1 amide bonds. The molecule has 2 N–H and O–H groups in total. The molecule has 16 heavy (non-hydrogen) atoms. The summed E-state index contributed by atoms with van der Waals surface area (Å²) in [5.41, 5.74) is 2.21. The minimum Gasteiger partial charge on any atom is -0.352 e. The maximum Gasteiger partial charge on any atom is 0.234 e. The van der Waals surface area contributed by atoms with E-state index in [4.69, 9.17) is 0 Å². The lowest BCUT2D eigenvalue weighted by molar-refractivity contribution is -0.120. The molecule has 88 valence electrons. The predicted octanol–water partition coefficient (Wildman–Crippen LogP) is 0.657. The molecule has 4 nitrogen and oxygen atoms in total. The van der Waals surface area contributed by atoms with E-state index in [0.29, 0.717) is 6.54 Å². The second-order valence-corrected chi connectivity index (χ2v) is 3.97. The third kappa shape index (κ3) is 3.98. The number of carbonyl (C=O) groups excluding carboxylic acids is 1. The van der Waals surface area contributed by atoms with Crippen molar-refractivity contribution in [3.63, 3.8) is 0 Å². The van der Waals surface area contributed by atoms with Crippen molar-refractivity contribution < 1.29 is 4.79 Å². The molecular weight excluding hydrogens is 202 g/mol. The molecule has 0 radical (unpaired) electrons. The molecule has 0 saturated carbocycles. The maximum atomic E-state index is 11.3. The van der Waals surface area contributed by atoms with Gasteiger partial charge in [0.2, 0.25) is 5.91 Å². The molecule has 1 aromatic rings. The lowest BCUT2D eigenvalue weighted by Crippen LogP contribution is -2.39. The summed E-state index contributed by atoms with van der Waals surface area (Å²) in [6, 6.07) is 4.06. The molecule has 0 aliphatic carbocycles. The van der Waals surface area contributed by atoms with Crippen LogP contribution in [0.2, 0.25) is 0 Å². The van der Waals surface area contributed by atoms with Gasteiger partial charge in [-0.05, 0) is 32.5 Å². The molecule has 0 spiro atoms. The minimum atomic E-state index is 0.0172. The highest BCUT2D eigenvalue weighted by atomic mass is 16.1. The normalized spacial score (nSPS) is 12.2. The zero-order valence-electron chi connectivity index (χ0n) is 10.1. The highest BCUT2D eigenvalue weighted by Crippen LogP contribution is 2.05. The van der Waals surface area contributed by atoms with Gasteiger partial charge in [-0.15, -0.1) is 0 Å². The zero-order chi connectivity index (χ0) is 12.0. The van der Waals surface area contributed by atoms with Crippen molar-refractivity contribution in [3.8, 4) is 0 Å². The van der Waals surface area contributed by atoms with E-state index in [9.17, 15) is 4.79 Å². The summed E-state index contributed by atoms with van der Waals surface area (Å²) in [6.45, 7) is 4.37. The van der Waals surface area contributed by atoms with Gasteiger partial charge in [-0.3, -0.25) is 9.78 Å². The van der Waals surface area contributed by atoms with Crippen LogP contribution in [0.3, 0.4) is 0 Å². The topological polar surface area (TPSA) is 54.0 Å². The van der Waals surface area contributed by atoms with E-state index in [0.717, 1.165) is 17.7 Å². The Morgan fingerprint density at radius 2 is 2.31 bits per heavy atom. The van der Waals surface area contributed by atoms with E-state index in [-0.39, 0.29) is 11.9 Å². The molecule has 1 rings (SSSR count). The van der Waals surface area contributed by atoms with Gasteiger partial charge in [0.05, 0.1) is 6.54 Å². The summed E-state index contributed by atoms with van der Waals surface area (Å²) in [5.74, 6) is 0.0172. The standard InChI is InChI=1S/C12H19N3O/c1-9-5-4-6-14-11(9)7-10(2)15-12(16)8-13-3/h4-6,10,13H,7-8H2,1-3H3,(H,15,16)/t10-/m0/s1. The van der Waals surface area contributed by atoms with Crippen molar-refractivity contribution in [1.29, 1.82) is 0 Å². The zero-order valence-corrected chi connectivity index (χ0v) is 10.1. The van der Waals surface area contributed by atoms with Crippen LogP contribution in [0.4, 0.5) is 0 Å². The van der Waals surface area contributed by atoms with Crippen molar-refractivity contribution >= 4 is 5.91 Å². The molecule has 0 bridgehead atoms. The van der Waals surface area contributed by atoms with Crippen molar-refractivity contribution in [3.05, 3.63) is 29.6 Å². The Kier molecular flexibility index (Phi) is 4.92. The van der Waals surface area contributed by atoms with E-state index < -0.39 is 0 Å². The highest BCUT2D eigenvalue weighted by Gasteiger charge is 2.09. The van der Waals surface area contributed by atoms with Crippen LogP contribution in [0.1, 0.15) is 18.2 Å². The lowest BCUT2D eigenvalue weighted by Gasteiger charge is -2.14. The molecule has 1 aromatic heterocycles. The second-order valence-electron chi connectivity index (χ2n) is 3.97. The number of hydrogen-bond donors (Lipinski definition) is 2. The fraction of sp³-hybridized carbons (Fsp3) is 0.500. The number of aryl methyl sites for hydroxylation is 1.